The SMILES string of the molecule is O=C(NC1CCCCCCCCCCC1)C(=O)N1CCCc2ccccc21. The zero-order valence-corrected chi connectivity index (χ0v) is 16.5. The summed E-state index contributed by atoms with van der Waals surface area (Å²) < 4.78 is 0. The van der Waals surface area contributed by atoms with Gasteiger partial charge in [0.15, 0.2) is 0 Å². The third kappa shape index (κ3) is 5.82. The van der Waals surface area contributed by atoms with Crippen molar-refractivity contribution in [1.82, 2.24) is 5.32 Å². The molecule has 0 spiro atoms. The molecular weight excluding hydrogens is 336 g/mol. The van der Waals surface area contributed by atoms with Crippen molar-refractivity contribution >= 4 is 17.5 Å². The van der Waals surface area contributed by atoms with Gasteiger partial charge in [0, 0.05) is 18.3 Å². The molecule has 4 heteroatoms. The molecule has 0 aromatic heterocycles. The number of nitrogens with zero attached hydrogens (tertiary/aromatic N) is 1. The minimum absolute atomic E-state index is 0.140. The molecule has 1 N–H and O–H groups in total. The molecule has 27 heavy (non-hydrogen) atoms. The first-order valence-electron chi connectivity index (χ1n) is 11.0. The van der Waals surface area contributed by atoms with Crippen molar-refractivity contribution in [3.05, 3.63) is 29.8 Å². The van der Waals surface area contributed by atoms with Crippen molar-refractivity contribution in [2.75, 3.05) is 11.4 Å². The Morgan fingerprint density at radius 1 is 0.815 bits per heavy atom. The van der Waals surface area contributed by atoms with Gasteiger partial charge in [-0.1, -0.05) is 76.0 Å². The molecule has 2 aliphatic rings. The molecular formula is C23H34N2O2. The highest BCUT2D eigenvalue weighted by molar-refractivity contribution is 6.40. The normalized spacial score (nSPS) is 20.1. The number of fused-ring (bicyclic) bond motifs is 1. The Balaban J connectivity index is 1.58. The van der Waals surface area contributed by atoms with E-state index < -0.39 is 11.8 Å². The van der Waals surface area contributed by atoms with Crippen LogP contribution in [0.25, 0.3) is 0 Å². The van der Waals surface area contributed by atoms with E-state index in [-0.39, 0.29) is 6.04 Å². The van der Waals surface area contributed by atoms with E-state index in [9.17, 15) is 9.59 Å². The number of hydrogen-bond acceptors (Lipinski definition) is 2. The number of benzene rings is 1. The van der Waals surface area contributed by atoms with Crippen molar-refractivity contribution in [3.8, 4) is 0 Å². The van der Waals surface area contributed by atoms with E-state index in [1.807, 2.05) is 18.2 Å². The van der Waals surface area contributed by atoms with Gasteiger partial charge in [-0.2, -0.15) is 0 Å². The second kappa shape index (κ2) is 10.5. The lowest BCUT2D eigenvalue weighted by Gasteiger charge is -2.29. The van der Waals surface area contributed by atoms with Crippen LogP contribution < -0.4 is 10.2 Å². The quantitative estimate of drug-likeness (QED) is 0.725. The van der Waals surface area contributed by atoms with Crippen molar-refractivity contribution < 1.29 is 9.59 Å². The van der Waals surface area contributed by atoms with E-state index in [2.05, 4.69) is 11.4 Å². The van der Waals surface area contributed by atoms with Gasteiger partial charge in [-0.3, -0.25) is 9.59 Å². The van der Waals surface area contributed by atoms with Crippen LogP contribution in [0.3, 0.4) is 0 Å². The lowest BCUT2D eigenvalue weighted by molar-refractivity contribution is -0.138. The fraction of sp³-hybridized carbons (Fsp3) is 0.652. The van der Waals surface area contributed by atoms with Crippen molar-refractivity contribution in [2.45, 2.75) is 89.5 Å². The molecule has 1 fully saturated rings. The molecule has 1 saturated carbocycles. The third-order valence-corrected chi connectivity index (χ3v) is 5.99. The van der Waals surface area contributed by atoms with Gasteiger partial charge >= 0.3 is 11.8 Å². The van der Waals surface area contributed by atoms with Crippen LogP contribution in [0, 0.1) is 0 Å². The van der Waals surface area contributed by atoms with E-state index in [1.54, 1.807) is 4.90 Å². The van der Waals surface area contributed by atoms with Gasteiger partial charge in [-0.05, 0) is 37.3 Å². The van der Waals surface area contributed by atoms with Gasteiger partial charge in [0.1, 0.15) is 0 Å². The first-order valence-corrected chi connectivity index (χ1v) is 11.0. The van der Waals surface area contributed by atoms with E-state index in [0.717, 1.165) is 49.8 Å². The highest BCUT2D eigenvalue weighted by atomic mass is 16.2. The molecule has 1 aromatic carbocycles. The molecule has 0 radical (unpaired) electrons. The molecule has 0 atom stereocenters. The van der Waals surface area contributed by atoms with Gasteiger partial charge in [0.2, 0.25) is 0 Å². The molecule has 1 aliphatic heterocycles. The Kier molecular flexibility index (Phi) is 7.73. The molecule has 2 amide bonds. The maximum atomic E-state index is 12.8. The first-order chi connectivity index (χ1) is 13.3. The van der Waals surface area contributed by atoms with Gasteiger partial charge in [0.25, 0.3) is 0 Å². The third-order valence-electron chi connectivity index (χ3n) is 5.99. The van der Waals surface area contributed by atoms with Crippen LogP contribution in [0.15, 0.2) is 24.3 Å². The highest BCUT2D eigenvalue weighted by Crippen LogP contribution is 2.26. The van der Waals surface area contributed by atoms with E-state index in [0.29, 0.717) is 6.54 Å². The lowest BCUT2D eigenvalue weighted by atomic mass is 9.98. The molecule has 1 aromatic rings. The summed E-state index contributed by atoms with van der Waals surface area (Å²) in [6.07, 6.45) is 15.3. The smallest absolute Gasteiger partial charge is 0.316 e. The molecule has 1 aliphatic carbocycles. The maximum Gasteiger partial charge on any atom is 0.316 e. The number of aryl methyl sites for hydroxylation is 1. The van der Waals surface area contributed by atoms with Gasteiger partial charge in [-0.25, -0.2) is 0 Å². The van der Waals surface area contributed by atoms with Gasteiger partial charge < -0.3 is 10.2 Å². The van der Waals surface area contributed by atoms with Gasteiger partial charge in [0.05, 0.1) is 0 Å². The number of anilines is 1. The zero-order chi connectivity index (χ0) is 18.9. The molecule has 3 rings (SSSR count). The predicted molar refractivity (Wildman–Crippen MR) is 110 cm³/mol. The maximum absolute atomic E-state index is 12.8. The number of hydrogen-bond donors (Lipinski definition) is 1. The van der Waals surface area contributed by atoms with E-state index >= 15 is 0 Å². The summed E-state index contributed by atoms with van der Waals surface area (Å²) in [5, 5.41) is 3.07. The number of carbonyl (C=O) groups excluding carboxylic acids is 2. The number of rotatable bonds is 1. The summed E-state index contributed by atoms with van der Waals surface area (Å²) in [6.45, 7) is 0.633. The number of carbonyl (C=O) groups is 2. The summed E-state index contributed by atoms with van der Waals surface area (Å²) in [5.41, 5.74) is 2.07. The standard InChI is InChI=1S/C23H34N2O2/c26-22(23(27)25-18-12-14-19-13-10-11-17-21(19)25)24-20-15-8-6-4-2-1-3-5-7-9-16-20/h10-11,13,17,20H,1-9,12,14-16,18H2,(H,24,26). The molecule has 0 bridgehead atoms. The van der Waals surface area contributed by atoms with Crippen LogP contribution in [0.2, 0.25) is 0 Å². The molecule has 148 valence electrons. The number of para-hydroxylation sites is 1. The largest absolute Gasteiger partial charge is 0.345 e. The van der Waals surface area contributed by atoms with Crippen LogP contribution in [0.1, 0.15) is 82.6 Å². The highest BCUT2D eigenvalue weighted by Gasteiger charge is 2.28. The summed E-state index contributed by atoms with van der Waals surface area (Å²) >= 11 is 0. The summed E-state index contributed by atoms with van der Waals surface area (Å²) in [6, 6.07) is 8.09. The van der Waals surface area contributed by atoms with Crippen LogP contribution in [0.5, 0.6) is 0 Å². The fourth-order valence-corrected chi connectivity index (χ4v) is 4.42. The summed E-state index contributed by atoms with van der Waals surface area (Å²) in [4.78, 5) is 27.2. The second-order valence-corrected chi connectivity index (χ2v) is 8.12. The van der Waals surface area contributed by atoms with Crippen molar-refractivity contribution in [2.24, 2.45) is 0 Å². The predicted octanol–water partition coefficient (Wildman–Crippen LogP) is 4.76. The Labute approximate surface area is 163 Å². The van der Waals surface area contributed by atoms with Crippen LogP contribution in [0.4, 0.5) is 5.69 Å². The zero-order valence-electron chi connectivity index (χ0n) is 16.5. The van der Waals surface area contributed by atoms with Crippen LogP contribution in [-0.4, -0.2) is 24.4 Å². The topological polar surface area (TPSA) is 49.4 Å². The van der Waals surface area contributed by atoms with Crippen molar-refractivity contribution in [3.63, 3.8) is 0 Å². The van der Waals surface area contributed by atoms with Crippen molar-refractivity contribution in [1.29, 1.82) is 0 Å². The molecule has 0 unspecified atom stereocenters. The Bertz CT molecular complexity index is 617. The average molecular weight is 371 g/mol. The average Bonchev–Trinajstić information content (AvgIpc) is 2.69. The van der Waals surface area contributed by atoms with E-state index in [1.165, 1.54) is 44.9 Å². The minimum Gasteiger partial charge on any atom is -0.345 e. The fourth-order valence-electron chi connectivity index (χ4n) is 4.42. The molecule has 4 nitrogen and oxygen atoms in total. The second-order valence-electron chi connectivity index (χ2n) is 8.12. The number of nitrogens with one attached hydrogen (secondary N) is 1. The molecule has 0 saturated heterocycles. The minimum atomic E-state index is -0.427. The van der Waals surface area contributed by atoms with E-state index in [4.69, 9.17) is 0 Å². The number of amides is 2. The van der Waals surface area contributed by atoms with Crippen LogP contribution >= 0.6 is 0 Å². The monoisotopic (exact) mass is 370 g/mol. The Morgan fingerprint density at radius 3 is 2.07 bits per heavy atom. The first kappa shape index (κ1) is 19.9. The lowest BCUT2D eigenvalue weighted by Crippen LogP contribution is -2.48. The summed E-state index contributed by atoms with van der Waals surface area (Å²) in [5.74, 6) is -0.822. The Morgan fingerprint density at radius 2 is 1.41 bits per heavy atom. The summed E-state index contributed by atoms with van der Waals surface area (Å²) in [7, 11) is 0. The Hall–Kier alpha value is -1.84. The van der Waals surface area contributed by atoms with Gasteiger partial charge in [-0.15, -0.1) is 0 Å². The molecule has 1 heterocycles. The van der Waals surface area contributed by atoms with Crippen LogP contribution in [-0.2, 0) is 16.0 Å².